The molecule has 0 aliphatic heterocycles. The number of nitriles is 1. The Morgan fingerprint density at radius 1 is 1.44 bits per heavy atom. The monoisotopic (exact) mass is 409 g/mol. The van der Waals surface area contributed by atoms with E-state index in [1.165, 1.54) is 6.08 Å². The van der Waals surface area contributed by atoms with Gasteiger partial charge >= 0.3 is 6.03 Å². The van der Waals surface area contributed by atoms with Crippen LogP contribution in [0.3, 0.4) is 0 Å². The van der Waals surface area contributed by atoms with Gasteiger partial charge in [0.2, 0.25) is 0 Å². The van der Waals surface area contributed by atoms with Crippen molar-refractivity contribution in [3.63, 3.8) is 0 Å². The summed E-state index contributed by atoms with van der Waals surface area (Å²) in [4.78, 5) is 22.5. The lowest BCUT2D eigenvalue weighted by Crippen LogP contribution is -2.35. The second kappa shape index (κ2) is 9.69. The van der Waals surface area contributed by atoms with Crippen molar-refractivity contribution in [1.29, 1.82) is 5.26 Å². The maximum Gasteiger partial charge on any atom is 0.319 e. The standard InChI is InChI=1S/C17H20BrN3O4/c1-4-10(3)25-15-13(18)7-11(8-14(15)24-5-2)6-12(9-19)16(22)21-17(20)23/h6-8,10H,4-5H2,1-3H3,(H3,20,21,22,23)/b12-6-/t10-/m1/s1. The highest BCUT2D eigenvalue weighted by Crippen LogP contribution is 2.38. The summed E-state index contributed by atoms with van der Waals surface area (Å²) in [6.07, 6.45) is 2.15. The van der Waals surface area contributed by atoms with Gasteiger partial charge in [0.05, 0.1) is 17.2 Å². The van der Waals surface area contributed by atoms with Crippen LogP contribution in [0, 0.1) is 11.3 Å². The number of carbonyl (C=O) groups is 2. The lowest BCUT2D eigenvalue weighted by atomic mass is 10.1. The molecule has 3 amide bonds. The fraction of sp³-hybridized carbons (Fsp3) is 0.353. The molecule has 0 heterocycles. The lowest BCUT2D eigenvalue weighted by molar-refractivity contribution is -0.115. The van der Waals surface area contributed by atoms with Crippen molar-refractivity contribution in [2.75, 3.05) is 6.61 Å². The molecule has 134 valence electrons. The van der Waals surface area contributed by atoms with Crippen LogP contribution in [0.25, 0.3) is 6.08 Å². The Morgan fingerprint density at radius 2 is 2.12 bits per heavy atom. The molecule has 0 aliphatic carbocycles. The van der Waals surface area contributed by atoms with E-state index in [0.717, 1.165) is 6.42 Å². The van der Waals surface area contributed by atoms with Crippen molar-refractivity contribution in [3.05, 3.63) is 27.7 Å². The smallest absolute Gasteiger partial charge is 0.319 e. The van der Waals surface area contributed by atoms with Crippen molar-refractivity contribution in [2.24, 2.45) is 5.73 Å². The number of nitrogens with one attached hydrogen (secondary N) is 1. The number of imide groups is 1. The number of hydrogen-bond donors (Lipinski definition) is 2. The number of benzene rings is 1. The first-order chi connectivity index (χ1) is 11.8. The molecule has 0 saturated carbocycles. The molecule has 0 spiro atoms. The fourth-order valence-electron chi connectivity index (χ4n) is 1.83. The molecule has 0 bridgehead atoms. The fourth-order valence-corrected chi connectivity index (χ4v) is 2.38. The number of nitrogens with zero attached hydrogens (tertiary/aromatic N) is 1. The predicted octanol–water partition coefficient (Wildman–Crippen LogP) is 3.13. The molecule has 0 saturated heterocycles. The summed E-state index contributed by atoms with van der Waals surface area (Å²) < 4.78 is 12.1. The zero-order chi connectivity index (χ0) is 19.0. The van der Waals surface area contributed by atoms with Crippen LogP contribution in [0.15, 0.2) is 22.2 Å². The van der Waals surface area contributed by atoms with Crippen LogP contribution in [0.2, 0.25) is 0 Å². The van der Waals surface area contributed by atoms with Gasteiger partial charge in [-0.25, -0.2) is 4.79 Å². The number of hydrogen-bond acceptors (Lipinski definition) is 5. The summed E-state index contributed by atoms with van der Waals surface area (Å²) in [7, 11) is 0. The summed E-state index contributed by atoms with van der Waals surface area (Å²) in [5.74, 6) is 0.161. The van der Waals surface area contributed by atoms with Gasteiger partial charge in [-0.05, 0) is 60.0 Å². The summed E-state index contributed by atoms with van der Waals surface area (Å²) in [5, 5.41) is 11.0. The summed E-state index contributed by atoms with van der Waals surface area (Å²) in [6, 6.07) is 4.05. The number of nitrogens with two attached hydrogens (primary N) is 1. The third-order valence-electron chi connectivity index (χ3n) is 3.14. The van der Waals surface area contributed by atoms with Gasteiger partial charge in [-0.3, -0.25) is 10.1 Å². The van der Waals surface area contributed by atoms with E-state index < -0.39 is 11.9 Å². The van der Waals surface area contributed by atoms with Crippen LogP contribution in [0.5, 0.6) is 11.5 Å². The Morgan fingerprint density at radius 3 is 2.64 bits per heavy atom. The van der Waals surface area contributed by atoms with Crippen molar-refractivity contribution < 1.29 is 19.1 Å². The normalized spacial score (nSPS) is 12.0. The number of rotatable bonds is 7. The molecule has 1 aromatic rings. The molecule has 0 aliphatic rings. The zero-order valence-electron chi connectivity index (χ0n) is 14.3. The molecule has 1 aromatic carbocycles. The molecule has 3 N–H and O–H groups in total. The summed E-state index contributed by atoms with van der Waals surface area (Å²) in [5.41, 5.74) is 5.16. The SMILES string of the molecule is CCOc1cc(/C=C(/C#N)C(=O)NC(N)=O)cc(Br)c1O[C@H](C)CC. The summed E-state index contributed by atoms with van der Waals surface area (Å²) >= 11 is 3.42. The second-order valence-corrected chi connectivity index (χ2v) is 5.94. The van der Waals surface area contributed by atoms with E-state index in [2.05, 4.69) is 15.9 Å². The van der Waals surface area contributed by atoms with Gasteiger partial charge in [0.1, 0.15) is 11.6 Å². The van der Waals surface area contributed by atoms with Gasteiger partial charge < -0.3 is 15.2 Å². The number of halogens is 1. The molecule has 8 heteroatoms. The van der Waals surface area contributed by atoms with Gasteiger partial charge in [0, 0.05) is 0 Å². The van der Waals surface area contributed by atoms with Gasteiger partial charge in [-0.2, -0.15) is 5.26 Å². The molecule has 1 rings (SSSR count). The minimum atomic E-state index is -1.03. The maximum atomic E-state index is 11.8. The number of primary amides is 1. The van der Waals surface area contributed by atoms with Crippen LogP contribution < -0.4 is 20.5 Å². The Kier molecular flexibility index (Phi) is 7.95. The van der Waals surface area contributed by atoms with Crippen LogP contribution in [-0.4, -0.2) is 24.6 Å². The average Bonchev–Trinajstić information content (AvgIpc) is 2.54. The maximum absolute atomic E-state index is 11.8. The van der Waals surface area contributed by atoms with Crippen LogP contribution >= 0.6 is 15.9 Å². The third kappa shape index (κ3) is 6.12. The highest BCUT2D eigenvalue weighted by Gasteiger charge is 2.16. The number of ether oxygens (including phenoxy) is 2. The largest absolute Gasteiger partial charge is 0.490 e. The lowest BCUT2D eigenvalue weighted by Gasteiger charge is -2.18. The minimum Gasteiger partial charge on any atom is -0.490 e. The van der Waals surface area contributed by atoms with Crippen molar-refractivity contribution in [1.82, 2.24) is 5.32 Å². The Bertz CT molecular complexity index is 725. The Labute approximate surface area is 154 Å². The van der Waals surface area contributed by atoms with E-state index >= 15 is 0 Å². The van der Waals surface area contributed by atoms with Crippen LogP contribution in [-0.2, 0) is 4.79 Å². The molecule has 0 radical (unpaired) electrons. The molecular formula is C17H20BrN3O4. The number of amides is 3. The van der Waals surface area contributed by atoms with Gasteiger partial charge in [-0.15, -0.1) is 0 Å². The van der Waals surface area contributed by atoms with E-state index in [1.54, 1.807) is 18.2 Å². The highest BCUT2D eigenvalue weighted by molar-refractivity contribution is 9.10. The molecule has 0 unspecified atom stereocenters. The first-order valence-corrected chi connectivity index (χ1v) is 8.47. The van der Waals surface area contributed by atoms with Gasteiger partial charge in [0.15, 0.2) is 11.5 Å². The van der Waals surface area contributed by atoms with Crippen molar-refractivity contribution >= 4 is 33.9 Å². The number of carbonyl (C=O) groups excluding carboxylic acids is 2. The second-order valence-electron chi connectivity index (χ2n) is 5.09. The van der Waals surface area contributed by atoms with E-state index in [4.69, 9.17) is 20.5 Å². The molecule has 25 heavy (non-hydrogen) atoms. The van der Waals surface area contributed by atoms with E-state index in [1.807, 2.05) is 26.1 Å². The van der Waals surface area contributed by atoms with Crippen molar-refractivity contribution in [3.8, 4) is 17.6 Å². The zero-order valence-corrected chi connectivity index (χ0v) is 15.8. The first-order valence-electron chi connectivity index (χ1n) is 7.67. The van der Waals surface area contributed by atoms with E-state index in [9.17, 15) is 9.59 Å². The third-order valence-corrected chi connectivity index (χ3v) is 3.73. The van der Waals surface area contributed by atoms with E-state index in [0.29, 0.717) is 28.1 Å². The minimum absolute atomic E-state index is 0.00656. The molecule has 0 aromatic heterocycles. The van der Waals surface area contributed by atoms with Crippen LogP contribution in [0.4, 0.5) is 4.79 Å². The number of urea groups is 1. The topological polar surface area (TPSA) is 114 Å². The molecule has 7 nitrogen and oxygen atoms in total. The Hall–Kier alpha value is -2.53. The molecule has 1 atom stereocenters. The van der Waals surface area contributed by atoms with Gasteiger partial charge in [-0.1, -0.05) is 6.92 Å². The quantitative estimate of drug-likeness (QED) is 0.530. The average molecular weight is 410 g/mol. The summed E-state index contributed by atoms with van der Waals surface area (Å²) in [6.45, 7) is 6.21. The first kappa shape index (κ1) is 20.5. The van der Waals surface area contributed by atoms with Crippen LogP contribution in [0.1, 0.15) is 32.8 Å². The predicted molar refractivity (Wildman–Crippen MR) is 97.0 cm³/mol. The molecular weight excluding hydrogens is 390 g/mol. The van der Waals surface area contributed by atoms with Crippen molar-refractivity contribution in [2.45, 2.75) is 33.3 Å². The highest BCUT2D eigenvalue weighted by atomic mass is 79.9. The van der Waals surface area contributed by atoms with E-state index in [-0.39, 0.29) is 11.7 Å². The van der Waals surface area contributed by atoms with Gasteiger partial charge in [0.25, 0.3) is 5.91 Å². The molecule has 0 fully saturated rings. The Balaban J connectivity index is 3.28.